The average molecular weight is 156 g/mol. The van der Waals surface area contributed by atoms with Gasteiger partial charge < -0.3 is 10.2 Å². The summed E-state index contributed by atoms with van der Waals surface area (Å²) in [7, 11) is 1.67. The fraction of sp³-hybridized carbons (Fsp3) is 0.857. The summed E-state index contributed by atoms with van der Waals surface area (Å²) in [4.78, 5) is 13.1. The number of amides is 1. The van der Waals surface area contributed by atoms with Crippen LogP contribution in [0.2, 0.25) is 0 Å². The predicted molar refractivity (Wildman–Crippen MR) is 42.4 cm³/mol. The molecule has 0 aromatic heterocycles. The first kappa shape index (κ1) is 8.49. The van der Waals surface area contributed by atoms with Crippen LogP contribution in [0.15, 0.2) is 0 Å². The Morgan fingerprint density at radius 2 is 2.18 bits per heavy atom. The summed E-state index contributed by atoms with van der Waals surface area (Å²) < 4.78 is 0. The highest BCUT2D eigenvalue weighted by Gasteiger charge is 2.14. The molecular weight excluding hydrogens is 142 g/mol. The minimum atomic E-state index is 0.147. The van der Waals surface area contributed by atoms with E-state index in [0.717, 1.165) is 26.2 Å². The fourth-order valence-corrected chi connectivity index (χ4v) is 1.15. The van der Waals surface area contributed by atoms with Crippen LogP contribution >= 0.6 is 0 Å². The van der Waals surface area contributed by atoms with Gasteiger partial charge in [-0.25, -0.2) is 5.32 Å². The van der Waals surface area contributed by atoms with Gasteiger partial charge in [0.25, 0.3) is 0 Å². The van der Waals surface area contributed by atoms with Crippen LogP contribution in [-0.4, -0.2) is 50.6 Å². The smallest absolute Gasteiger partial charge is 0.238 e. The Labute approximate surface area is 66.9 Å². The number of carbonyl (C=O) groups is 1. The molecule has 1 fully saturated rings. The maximum absolute atomic E-state index is 11.2. The highest BCUT2D eigenvalue weighted by atomic mass is 16.2. The highest BCUT2D eigenvalue weighted by molar-refractivity contribution is 5.78. The summed E-state index contributed by atoms with van der Waals surface area (Å²) >= 11 is 0. The first-order valence-corrected chi connectivity index (χ1v) is 3.88. The van der Waals surface area contributed by atoms with E-state index in [2.05, 4.69) is 10.6 Å². The van der Waals surface area contributed by atoms with Crippen LogP contribution in [0, 0.1) is 0 Å². The lowest BCUT2D eigenvalue weighted by atomic mass is 10.3. The highest BCUT2D eigenvalue weighted by Crippen LogP contribution is 1.91. The zero-order valence-corrected chi connectivity index (χ0v) is 6.84. The molecule has 63 valence electrons. The van der Waals surface area contributed by atoms with Gasteiger partial charge in [0.15, 0.2) is 0 Å². The monoisotopic (exact) mass is 156 g/mol. The molecule has 0 spiro atoms. The molecule has 11 heavy (non-hydrogen) atoms. The molecule has 0 aliphatic carbocycles. The van der Waals surface area contributed by atoms with Crippen molar-refractivity contribution in [1.82, 2.24) is 15.5 Å². The number of nitrogens with zero attached hydrogens (tertiary/aromatic N) is 2. The molecule has 1 N–H and O–H groups in total. The Balaban J connectivity index is 2.27. The molecule has 1 heterocycles. The van der Waals surface area contributed by atoms with Crippen LogP contribution in [-0.2, 0) is 4.79 Å². The maximum atomic E-state index is 11.2. The lowest BCUT2D eigenvalue weighted by Gasteiger charge is -2.27. The molecule has 1 saturated heterocycles. The van der Waals surface area contributed by atoms with Crippen LogP contribution in [0.25, 0.3) is 0 Å². The molecule has 1 rings (SSSR count). The quantitative estimate of drug-likeness (QED) is 0.537. The second-order valence-electron chi connectivity index (χ2n) is 2.61. The number of carbonyl (C=O) groups excluding carboxylic acids is 1. The molecule has 4 nitrogen and oxygen atoms in total. The third kappa shape index (κ3) is 2.48. The largest absolute Gasteiger partial charge is 0.339 e. The molecular formula is C7H14N3O. The predicted octanol–water partition coefficient (Wildman–Crippen LogP) is -1.35. The number of likely N-dealkylation sites (N-methyl/N-ethyl adjacent to an activating group) is 1. The van der Waals surface area contributed by atoms with E-state index in [1.54, 1.807) is 7.05 Å². The summed E-state index contributed by atoms with van der Waals surface area (Å²) in [5, 5.41) is 6.99. The number of piperazine rings is 1. The molecule has 1 aliphatic heterocycles. The van der Waals surface area contributed by atoms with Gasteiger partial charge in [-0.1, -0.05) is 0 Å². The standard InChI is InChI=1S/C7H14N3O/c1-8-6-7(11)10-4-2-9-3-5-10/h9H,2-6H2,1H3. The van der Waals surface area contributed by atoms with Gasteiger partial charge in [0.2, 0.25) is 5.91 Å². The lowest BCUT2D eigenvalue weighted by Crippen LogP contribution is -2.48. The minimum Gasteiger partial charge on any atom is -0.339 e. The van der Waals surface area contributed by atoms with Crippen molar-refractivity contribution in [3.63, 3.8) is 0 Å². The Kier molecular flexibility index (Phi) is 3.32. The summed E-state index contributed by atoms with van der Waals surface area (Å²) in [5.74, 6) is 0.147. The number of nitrogens with one attached hydrogen (secondary N) is 1. The summed E-state index contributed by atoms with van der Waals surface area (Å²) in [6.07, 6.45) is 0. The molecule has 0 aromatic carbocycles. The van der Waals surface area contributed by atoms with Crippen molar-refractivity contribution in [3.8, 4) is 0 Å². The number of hydrogen-bond donors (Lipinski definition) is 1. The molecule has 0 aromatic rings. The third-order valence-corrected chi connectivity index (χ3v) is 1.76. The van der Waals surface area contributed by atoms with Crippen LogP contribution in [0.3, 0.4) is 0 Å². The zero-order valence-electron chi connectivity index (χ0n) is 6.84. The Morgan fingerprint density at radius 1 is 1.55 bits per heavy atom. The fourth-order valence-electron chi connectivity index (χ4n) is 1.15. The Hall–Kier alpha value is -0.610. The van der Waals surface area contributed by atoms with Crippen molar-refractivity contribution in [2.45, 2.75) is 0 Å². The van der Waals surface area contributed by atoms with Gasteiger partial charge in [-0.3, -0.25) is 4.79 Å². The van der Waals surface area contributed by atoms with E-state index in [0.29, 0.717) is 6.54 Å². The zero-order chi connectivity index (χ0) is 8.10. The van der Waals surface area contributed by atoms with E-state index < -0.39 is 0 Å². The molecule has 4 heteroatoms. The van der Waals surface area contributed by atoms with Gasteiger partial charge in [-0.05, 0) is 0 Å². The van der Waals surface area contributed by atoms with Crippen molar-refractivity contribution < 1.29 is 4.79 Å². The van der Waals surface area contributed by atoms with E-state index in [4.69, 9.17) is 0 Å². The first-order chi connectivity index (χ1) is 5.34. The van der Waals surface area contributed by atoms with E-state index >= 15 is 0 Å². The van der Waals surface area contributed by atoms with E-state index in [1.165, 1.54) is 0 Å². The number of hydrogen-bond acceptors (Lipinski definition) is 2. The van der Waals surface area contributed by atoms with Gasteiger partial charge in [0, 0.05) is 33.2 Å². The molecule has 0 saturated carbocycles. The van der Waals surface area contributed by atoms with Crippen molar-refractivity contribution in [2.75, 3.05) is 39.8 Å². The summed E-state index contributed by atoms with van der Waals surface area (Å²) in [6, 6.07) is 0. The van der Waals surface area contributed by atoms with Gasteiger partial charge in [-0.15, -0.1) is 0 Å². The SMILES string of the molecule is C[N]CC(=O)N1CCNCC1. The second-order valence-corrected chi connectivity index (χ2v) is 2.61. The lowest BCUT2D eigenvalue weighted by molar-refractivity contribution is -0.130. The third-order valence-electron chi connectivity index (χ3n) is 1.76. The second kappa shape index (κ2) is 4.31. The normalized spacial score (nSPS) is 18.5. The molecule has 0 bridgehead atoms. The summed E-state index contributed by atoms with van der Waals surface area (Å²) in [6.45, 7) is 3.81. The minimum absolute atomic E-state index is 0.147. The van der Waals surface area contributed by atoms with Crippen molar-refractivity contribution >= 4 is 5.91 Å². The molecule has 0 unspecified atom stereocenters. The Morgan fingerprint density at radius 3 is 2.73 bits per heavy atom. The maximum Gasteiger partial charge on any atom is 0.238 e. The van der Waals surface area contributed by atoms with E-state index in [-0.39, 0.29) is 5.91 Å². The van der Waals surface area contributed by atoms with E-state index in [1.807, 2.05) is 4.90 Å². The van der Waals surface area contributed by atoms with Gasteiger partial charge in [-0.2, -0.15) is 0 Å². The van der Waals surface area contributed by atoms with Gasteiger partial charge >= 0.3 is 0 Å². The van der Waals surface area contributed by atoms with Crippen molar-refractivity contribution in [1.29, 1.82) is 0 Å². The molecule has 1 aliphatic rings. The van der Waals surface area contributed by atoms with Gasteiger partial charge in [0.1, 0.15) is 0 Å². The Bertz CT molecular complexity index is 132. The molecule has 1 amide bonds. The van der Waals surface area contributed by atoms with Crippen molar-refractivity contribution in [2.24, 2.45) is 0 Å². The van der Waals surface area contributed by atoms with Crippen LogP contribution in [0.1, 0.15) is 0 Å². The van der Waals surface area contributed by atoms with Gasteiger partial charge in [0.05, 0.1) is 6.54 Å². The summed E-state index contributed by atoms with van der Waals surface area (Å²) in [5.41, 5.74) is 0. The molecule has 0 atom stereocenters. The first-order valence-electron chi connectivity index (χ1n) is 3.88. The van der Waals surface area contributed by atoms with Crippen LogP contribution in [0.5, 0.6) is 0 Å². The van der Waals surface area contributed by atoms with Crippen LogP contribution < -0.4 is 10.6 Å². The topological polar surface area (TPSA) is 46.4 Å². The average Bonchev–Trinajstić information content (AvgIpc) is 2.07. The number of rotatable bonds is 2. The van der Waals surface area contributed by atoms with Crippen LogP contribution in [0.4, 0.5) is 0 Å². The van der Waals surface area contributed by atoms with Crippen molar-refractivity contribution in [3.05, 3.63) is 0 Å². The van der Waals surface area contributed by atoms with E-state index in [9.17, 15) is 4.79 Å². The molecule has 1 radical (unpaired) electrons.